The molecule has 0 saturated heterocycles. The summed E-state index contributed by atoms with van der Waals surface area (Å²) in [4.78, 5) is 4.32. The van der Waals surface area contributed by atoms with Gasteiger partial charge in [0.2, 0.25) is 10.0 Å². The maximum atomic E-state index is 12.6. The minimum atomic E-state index is -3.59. The summed E-state index contributed by atoms with van der Waals surface area (Å²) < 4.78 is 33.4. The van der Waals surface area contributed by atoms with Crippen molar-refractivity contribution in [3.8, 4) is 10.9 Å². The van der Waals surface area contributed by atoms with Gasteiger partial charge in [0, 0.05) is 18.1 Å². The van der Waals surface area contributed by atoms with E-state index >= 15 is 0 Å². The standard InChI is InChI=1S/C20H16N2O3S2/c23-27(24,19-10-7-16-3-1-2-4-17(16)13-19)22-14-15-5-8-18(9-6-15)25-20-21-11-12-26-20/h1-13,22H,14H2. The van der Waals surface area contributed by atoms with Gasteiger partial charge < -0.3 is 4.74 Å². The predicted octanol–water partition coefficient (Wildman–Crippen LogP) is 4.57. The number of ether oxygens (including phenoxy) is 1. The van der Waals surface area contributed by atoms with E-state index in [-0.39, 0.29) is 11.4 Å². The monoisotopic (exact) mass is 396 g/mol. The second-order valence-electron chi connectivity index (χ2n) is 5.88. The van der Waals surface area contributed by atoms with E-state index in [1.807, 2.05) is 47.8 Å². The Morgan fingerprint density at radius 1 is 0.963 bits per heavy atom. The highest BCUT2D eigenvalue weighted by atomic mass is 32.2. The van der Waals surface area contributed by atoms with Gasteiger partial charge >= 0.3 is 0 Å². The third kappa shape index (κ3) is 4.16. The summed E-state index contributed by atoms with van der Waals surface area (Å²) >= 11 is 1.41. The molecular formula is C20H16N2O3S2. The Hall–Kier alpha value is -2.74. The van der Waals surface area contributed by atoms with E-state index in [0.717, 1.165) is 16.3 Å². The predicted molar refractivity (Wildman–Crippen MR) is 107 cm³/mol. The second kappa shape index (κ2) is 7.48. The Morgan fingerprint density at radius 3 is 2.48 bits per heavy atom. The molecule has 0 aliphatic heterocycles. The summed E-state index contributed by atoms with van der Waals surface area (Å²) in [5.41, 5.74) is 0.839. The number of nitrogens with zero attached hydrogens (tertiary/aromatic N) is 1. The molecule has 0 saturated carbocycles. The summed E-state index contributed by atoms with van der Waals surface area (Å²) in [6, 6.07) is 20.0. The van der Waals surface area contributed by atoms with E-state index in [1.165, 1.54) is 11.3 Å². The first-order valence-electron chi connectivity index (χ1n) is 8.25. The lowest BCUT2D eigenvalue weighted by atomic mass is 10.1. The summed E-state index contributed by atoms with van der Waals surface area (Å²) in [7, 11) is -3.59. The second-order valence-corrected chi connectivity index (χ2v) is 8.50. The average Bonchev–Trinajstić information content (AvgIpc) is 3.20. The van der Waals surface area contributed by atoms with Crippen LogP contribution >= 0.6 is 11.3 Å². The van der Waals surface area contributed by atoms with Crippen LogP contribution in [0.25, 0.3) is 10.8 Å². The van der Waals surface area contributed by atoms with Gasteiger partial charge in [-0.3, -0.25) is 0 Å². The summed E-state index contributed by atoms with van der Waals surface area (Å²) in [6.07, 6.45) is 1.68. The number of benzene rings is 3. The van der Waals surface area contributed by atoms with Crippen LogP contribution in [0.1, 0.15) is 5.56 Å². The van der Waals surface area contributed by atoms with Gasteiger partial charge in [-0.2, -0.15) is 0 Å². The number of hydrogen-bond donors (Lipinski definition) is 1. The zero-order valence-corrected chi connectivity index (χ0v) is 15.8. The van der Waals surface area contributed by atoms with E-state index in [2.05, 4.69) is 9.71 Å². The van der Waals surface area contributed by atoms with E-state index in [1.54, 1.807) is 30.5 Å². The average molecular weight is 396 g/mol. The fourth-order valence-electron chi connectivity index (χ4n) is 2.63. The molecular weight excluding hydrogens is 380 g/mol. The van der Waals surface area contributed by atoms with Gasteiger partial charge in [0.15, 0.2) is 0 Å². The fourth-order valence-corrected chi connectivity index (χ4v) is 4.19. The fraction of sp³-hybridized carbons (Fsp3) is 0.0500. The molecule has 1 N–H and O–H groups in total. The molecule has 0 amide bonds. The Morgan fingerprint density at radius 2 is 1.74 bits per heavy atom. The smallest absolute Gasteiger partial charge is 0.278 e. The molecule has 27 heavy (non-hydrogen) atoms. The zero-order valence-electron chi connectivity index (χ0n) is 14.2. The number of fused-ring (bicyclic) bond motifs is 1. The number of nitrogens with one attached hydrogen (secondary N) is 1. The van der Waals surface area contributed by atoms with E-state index < -0.39 is 10.0 Å². The van der Waals surface area contributed by atoms with Crippen LogP contribution < -0.4 is 9.46 Å². The van der Waals surface area contributed by atoms with Gasteiger partial charge in [-0.05, 0) is 40.6 Å². The van der Waals surface area contributed by atoms with E-state index in [4.69, 9.17) is 4.74 Å². The third-order valence-electron chi connectivity index (χ3n) is 4.04. The van der Waals surface area contributed by atoms with Crippen LogP contribution in [0.2, 0.25) is 0 Å². The molecule has 0 fully saturated rings. The largest absolute Gasteiger partial charge is 0.431 e. The van der Waals surface area contributed by atoms with Crippen LogP contribution in [0, 0.1) is 0 Å². The third-order valence-corrected chi connectivity index (χ3v) is 6.08. The van der Waals surface area contributed by atoms with Gasteiger partial charge in [0.25, 0.3) is 5.19 Å². The van der Waals surface area contributed by atoms with Gasteiger partial charge in [-0.15, -0.1) is 0 Å². The molecule has 0 aliphatic rings. The van der Waals surface area contributed by atoms with Crippen molar-refractivity contribution in [3.63, 3.8) is 0 Å². The summed E-state index contributed by atoms with van der Waals surface area (Å²) in [6.45, 7) is 0.201. The summed E-state index contributed by atoms with van der Waals surface area (Å²) in [5, 5.41) is 4.31. The van der Waals surface area contributed by atoms with Crippen LogP contribution in [0.15, 0.2) is 83.2 Å². The molecule has 136 valence electrons. The number of hydrogen-bond acceptors (Lipinski definition) is 5. The van der Waals surface area contributed by atoms with Crippen LogP contribution in [-0.4, -0.2) is 13.4 Å². The number of sulfonamides is 1. The van der Waals surface area contributed by atoms with Crippen LogP contribution in [0.5, 0.6) is 10.9 Å². The van der Waals surface area contributed by atoms with Crippen molar-refractivity contribution >= 4 is 32.1 Å². The molecule has 0 unspecified atom stereocenters. The Kier molecular flexibility index (Phi) is 4.89. The van der Waals surface area contributed by atoms with Crippen LogP contribution in [0.4, 0.5) is 0 Å². The maximum Gasteiger partial charge on any atom is 0.278 e. The molecule has 0 spiro atoms. The molecule has 5 nitrogen and oxygen atoms in total. The molecule has 0 bridgehead atoms. The van der Waals surface area contributed by atoms with Crippen molar-refractivity contribution in [2.75, 3.05) is 0 Å². The minimum Gasteiger partial charge on any atom is -0.431 e. The lowest BCUT2D eigenvalue weighted by Crippen LogP contribution is -2.23. The first-order chi connectivity index (χ1) is 13.1. The Bertz CT molecular complexity index is 1160. The highest BCUT2D eigenvalue weighted by molar-refractivity contribution is 7.89. The minimum absolute atomic E-state index is 0.201. The highest BCUT2D eigenvalue weighted by Crippen LogP contribution is 2.23. The van der Waals surface area contributed by atoms with Crippen molar-refractivity contribution in [1.82, 2.24) is 9.71 Å². The molecule has 0 aliphatic carbocycles. The maximum absolute atomic E-state index is 12.6. The van der Waals surface area contributed by atoms with Crippen LogP contribution in [0.3, 0.4) is 0 Å². The normalized spacial score (nSPS) is 11.6. The molecule has 0 radical (unpaired) electrons. The Balaban J connectivity index is 1.45. The van der Waals surface area contributed by atoms with Gasteiger partial charge in [0.05, 0.1) is 4.90 Å². The topological polar surface area (TPSA) is 68.3 Å². The SMILES string of the molecule is O=S(=O)(NCc1ccc(Oc2nccs2)cc1)c1ccc2ccccc2c1. The van der Waals surface area contributed by atoms with Gasteiger partial charge in [-0.1, -0.05) is 53.8 Å². The van der Waals surface area contributed by atoms with Gasteiger partial charge in [-0.25, -0.2) is 18.1 Å². The van der Waals surface area contributed by atoms with Gasteiger partial charge in [0.1, 0.15) is 5.75 Å². The molecule has 4 aromatic rings. The first-order valence-corrected chi connectivity index (χ1v) is 10.6. The van der Waals surface area contributed by atoms with Crippen LogP contribution in [-0.2, 0) is 16.6 Å². The highest BCUT2D eigenvalue weighted by Gasteiger charge is 2.14. The van der Waals surface area contributed by atoms with Crippen molar-refractivity contribution in [3.05, 3.63) is 83.9 Å². The molecule has 1 aromatic heterocycles. The lowest BCUT2D eigenvalue weighted by molar-refractivity contribution is 0.478. The summed E-state index contributed by atoms with van der Waals surface area (Å²) in [5.74, 6) is 0.658. The number of thiazole rings is 1. The van der Waals surface area contributed by atoms with Crippen molar-refractivity contribution < 1.29 is 13.2 Å². The molecule has 1 heterocycles. The van der Waals surface area contributed by atoms with E-state index in [0.29, 0.717) is 10.9 Å². The molecule has 7 heteroatoms. The lowest BCUT2D eigenvalue weighted by Gasteiger charge is -2.09. The molecule has 4 rings (SSSR count). The quantitative estimate of drug-likeness (QED) is 0.518. The van der Waals surface area contributed by atoms with Crippen molar-refractivity contribution in [2.45, 2.75) is 11.4 Å². The first kappa shape index (κ1) is 17.7. The van der Waals surface area contributed by atoms with E-state index in [9.17, 15) is 8.42 Å². The molecule has 3 aromatic carbocycles. The number of aromatic nitrogens is 1. The van der Waals surface area contributed by atoms with Crippen molar-refractivity contribution in [1.29, 1.82) is 0 Å². The molecule has 0 atom stereocenters. The van der Waals surface area contributed by atoms with Crippen molar-refractivity contribution in [2.24, 2.45) is 0 Å². The Labute approximate surface area is 161 Å². The number of rotatable bonds is 6. The zero-order chi connectivity index (χ0) is 18.7.